The van der Waals surface area contributed by atoms with E-state index in [0.29, 0.717) is 10.6 Å². The number of thiophene rings is 1. The van der Waals surface area contributed by atoms with E-state index >= 15 is 0 Å². The van der Waals surface area contributed by atoms with Crippen molar-refractivity contribution in [3.8, 4) is 0 Å². The summed E-state index contributed by atoms with van der Waals surface area (Å²) >= 11 is 6.96. The fourth-order valence-corrected chi connectivity index (χ4v) is 4.76. The standard InChI is InChI=1S/C19H17ClN2O3S2/c20-16-10-8-14(9-11-16)13-21-19(23)18(15-5-2-1-3-6-15)22-27(24,25)17-7-4-12-26-17/h1-12,18,22H,13H2,(H,21,23)/t18-/m0/s1. The van der Waals surface area contributed by atoms with Crippen molar-refractivity contribution in [2.75, 3.05) is 0 Å². The minimum Gasteiger partial charge on any atom is -0.350 e. The molecule has 0 aliphatic rings. The summed E-state index contributed by atoms with van der Waals surface area (Å²) in [5.41, 5.74) is 1.42. The van der Waals surface area contributed by atoms with Crippen LogP contribution < -0.4 is 10.0 Å². The van der Waals surface area contributed by atoms with Crippen LogP contribution in [0.4, 0.5) is 0 Å². The number of amides is 1. The Hall–Kier alpha value is -2.19. The Morgan fingerprint density at radius 1 is 1.00 bits per heavy atom. The molecule has 140 valence electrons. The SMILES string of the molecule is O=C(NCc1ccc(Cl)cc1)[C@@H](NS(=O)(=O)c1cccs1)c1ccccc1. The van der Waals surface area contributed by atoms with Gasteiger partial charge in [0.05, 0.1) is 0 Å². The highest BCUT2D eigenvalue weighted by molar-refractivity contribution is 7.91. The van der Waals surface area contributed by atoms with Gasteiger partial charge in [0.15, 0.2) is 0 Å². The highest BCUT2D eigenvalue weighted by atomic mass is 35.5. The van der Waals surface area contributed by atoms with Gasteiger partial charge in [-0.25, -0.2) is 8.42 Å². The Balaban J connectivity index is 1.79. The number of benzene rings is 2. The predicted molar refractivity (Wildman–Crippen MR) is 107 cm³/mol. The van der Waals surface area contributed by atoms with Gasteiger partial charge in [-0.15, -0.1) is 11.3 Å². The second-order valence-electron chi connectivity index (χ2n) is 5.74. The van der Waals surface area contributed by atoms with Crippen LogP contribution in [0, 0.1) is 0 Å². The first-order valence-corrected chi connectivity index (χ1v) is 10.8. The lowest BCUT2D eigenvalue weighted by Crippen LogP contribution is -2.39. The van der Waals surface area contributed by atoms with Crippen LogP contribution in [0.2, 0.25) is 5.02 Å². The molecule has 0 aliphatic carbocycles. The largest absolute Gasteiger partial charge is 0.350 e. The van der Waals surface area contributed by atoms with Crippen molar-refractivity contribution in [1.29, 1.82) is 0 Å². The van der Waals surface area contributed by atoms with Crippen LogP contribution in [0.1, 0.15) is 17.2 Å². The average molecular weight is 421 g/mol. The molecular formula is C19H17ClN2O3S2. The first-order valence-electron chi connectivity index (χ1n) is 8.09. The molecule has 0 saturated carbocycles. The maximum absolute atomic E-state index is 12.8. The summed E-state index contributed by atoms with van der Waals surface area (Å²) in [5, 5.41) is 5.06. The minimum absolute atomic E-state index is 0.161. The monoisotopic (exact) mass is 420 g/mol. The molecule has 1 amide bonds. The Labute approximate surface area is 167 Å². The van der Waals surface area contributed by atoms with Crippen molar-refractivity contribution in [3.63, 3.8) is 0 Å². The van der Waals surface area contributed by atoms with E-state index in [1.54, 1.807) is 66.0 Å². The molecule has 0 spiro atoms. The Kier molecular flexibility index (Phi) is 6.28. The van der Waals surface area contributed by atoms with E-state index in [-0.39, 0.29) is 10.8 Å². The summed E-state index contributed by atoms with van der Waals surface area (Å²) in [6, 6.07) is 17.9. The molecule has 1 aromatic heterocycles. The van der Waals surface area contributed by atoms with Crippen LogP contribution in [0.3, 0.4) is 0 Å². The topological polar surface area (TPSA) is 75.3 Å². The minimum atomic E-state index is -3.81. The first-order chi connectivity index (χ1) is 13.0. The zero-order chi connectivity index (χ0) is 19.3. The van der Waals surface area contributed by atoms with E-state index in [2.05, 4.69) is 10.0 Å². The van der Waals surface area contributed by atoms with E-state index < -0.39 is 22.0 Å². The lowest BCUT2D eigenvalue weighted by molar-refractivity contribution is -0.123. The molecule has 0 bridgehead atoms. The van der Waals surface area contributed by atoms with E-state index in [0.717, 1.165) is 16.9 Å². The van der Waals surface area contributed by atoms with Gasteiger partial charge in [0.2, 0.25) is 5.91 Å². The number of halogens is 1. The summed E-state index contributed by atoms with van der Waals surface area (Å²) in [7, 11) is -3.81. The molecule has 1 heterocycles. The van der Waals surface area contributed by atoms with Crippen LogP contribution in [-0.4, -0.2) is 14.3 Å². The van der Waals surface area contributed by atoms with Gasteiger partial charge in [0.25, 0.3) is 10.0 Å². The molecule has 3 rings (SSSR count). The smallest absolute Gasteiger partial charge is 0.251 e. The fraction of sp³-hybridized carbons (Fsp3) is 0.105. The van der Waals surface area contributed by atoms with Crippen molar-refractivity contribution in [1.82, 2.24) is 10.0 Å². The van der Waals surface area contributed by atoms with Crippen molar-refractivity contribution in [3.05, 3.63) is 88.3 Å². The quantitative estimate of drug-likeness (QED) is 0.611. The van der Waals surface area contributed by atoms with E-state index in [1.165, 1.54) is 6.07 Å². The van der Waals surface area contributed by atoms with Crippen LogP contribution in [0.15, 0.2) is 76.3 Å². The predicted octanol–water partition coefficient (Wildman–Crippen LogP) is 3.74. The molecule has 0 unspecified atom stereocenters. The van der Waals surface area contributed by atoms with Crippen molar-refractivity contribution in [2.45, 2.75) is 16.8 Å². The second-order valence-corrected chi connectivity index (χ2v) is 9.07. The molecule has 0 saturated heterocycles. The molecular weight excluding hydrogens is 404 g/mol. The van der Waals surface area contributed by atoms with Gasteiger partial charge in [0.1, 0.15) is 10.3 Å². The maximum atomic E-state index is 12.8. The first kappa shape index (κ1) is 19.6. The lowest BCUT2D eigenvalue weighted by atomic mass is 10.1. The third-order valence-corrected chi connectivity index (χ3v) is 6.88. The molecule has 5 nitrogen and oxygen atoms in total. The van der Waals surface area contributed by atoms with Gasteiger partial charge in [-0.2, -0.15) is 4.72 Å². The number of rotatable bonds is 7. The number of carbonyl (C=O) groups is 1. The van der Waals surface area contributed by atoms with Crippen molar-refractivity contribution >= 4 is 38.9 Å². The van der Waals surface area contributed by atoms with Crippen molar-refractivity contribution < 1.29 is 13.2 Å². The molecule has 27 heavy (non-hydrogen) atoms. The molecule has 1 atom stereocenters. The summed E-state index contributed by atoms with van der Waals surface area (Å²) in [6.45, 7) is 0.264. The van der Waals surface area contributed by atoms with Crippen molar-refractivity contribution in [2.24, 2.45) is 0 Å². The van der Waals surface area contributed by atoms with Crippen LogP contribution in [0.25, 0.3) is 0 Å². The molecule has 0 radical (unpaired) electrons. The molecule has 0 fully saturated rings. The fourth-order valence-electron chi connectivity index (χ4n) is 2.44. The molecule has 2 aromatic carbocycles. The van der Waals surface area contributed by atoms with E-state index in [1.807, 2.05) is 0 Å². The Bertz CT molecular complexity index is 989. The summed E-state index contributed by atoms with van der Waals surface area (Å²) in [5.74, 6) is -0.434. The number of hydrogen-bond acceptors (Lipinski definition) is 4. The zero-order valence-electron chi connectivity index (χ0n) is 14.1. The lowest BCUT2D eigenvalue weighted by Gasteiger charge is -2.18. The highest BCUT2D eigenvalue weighted by Crippen LogP contribution is 2.21. The van der Waals surface area contributed by atoms with E-state index in [4.69, 9.17) is 11.6 Å². The summed E-state index contributed by atoms with van der Waals surface area (Å²) in [6.07, 6.45) is 0. The van der Waals surface area contributed by atoms with Crippen LogP contribution in [0.5, 0.6) is 0 Å². The van der Waals surface area contributed by atoms with Gasteiger partial charge in [0, 0.05) is 11.6 Å². The Morgan fingerprint density at radius 3 is 2.33 bits per heavy atom. The second kappa shape index (κ2) is 8.67. The van der Waals surface area contributed by atoms with Crippen LogP contribution >= 0.6 is 22.9 Å². The zero-order valence-corrected chi connectivity index (χ0v) is 16.5. The van der Waals surface area contributed by atoms with Gasteiger partial charge < -0.3 is 5.32 Å². The van der Waals surface area contributed by atoms with Crippen LogP contribution in [-0.2, 0) is 21.4 Å². The normalized spacial score (nSPS) is 12.5. The van der Waals surface area contributed by atoms with Gasteiger partial charge in [-0.3, -0.25) is 4.79 Å². The van der Waals surface area contributed by atoms with Gasteiger partial charge in [-0.05, 0) is 34.7 Å². The highest BCUT2D eigenvalue weighted by Gasteiger charge is 2.27. The third kappa shape index (κ3) is 5.17. The maximum Gasteiger partial charge on any atom is 0.251 e. The molecule has 8 heteroatoms. The summed E-state index contributed by atoms with van der Waals surface area (Å²) in [4.78, 5) is 12.8. The van der Waals surface area contributed by atoms with E-state index in [9.17, 15) is 13.2 Å². The Morgan fingerprint density at radius 2 is 1.70 bits per heavy atom. The average Bonchev–Trinajstić information content (AvgIpc) is 3.22. The van der Waals surface area contributed by atoms with Gasteiger partial charge >= 0.3 is 0 Å². The number of carbonyl (C=O) groups excluding carboxylic acids is 1. The molecule has 0 aliphatic heterocycles. The summed E-state index contributed by atoms with van der Waals surface area (Å²) < 4.78 is 27.9. The number of sulfonamides is 1. The van der Waals surface area contributed by atoms with Gasteiger partial charge in [-0.1, -0.05) is 60.1 Å². The molecule has 2 N–H and O–H groups in total. The number of nitrogens with one attached hydrogen (secondary N) is 2. The number of hydrogen-bond donors (Lipinski definition) is 2. The molecule has 3 aromatic rings. The third-order valence-electron chi connectivity index (χ3n) is 3.81.